The summed E-state index contributed by atoms with van der Waals surface area (Å²) in [6.07, 6.45) is 13.7. The van der Waals surface area contributed by atoms with Gasteiger partial charge in [0.15, 0.2) is 23.0 Å². The Kier molecular flexibility index (Phi) is 7.52. The van der Waals surface area contributed by atoms with Crippen LogP contribution in [-0.4, -0.2) is 26.9 Å². The Balaban J connectivity index is 1.31. The van der Waals surface area contributed by atoms with E-state index in [1.807, 2.05) is 0 Å². The second kappa shape index (κ2) is 10.9. The fraction of sp³-hybridized carbons (Fsp3) is 0.619. The number of benzene rings is 1. The molecule has 1 aromatic heterocycles. The van der Waals surface area contributed by atoms with E-state index in [0.717, 1.165) is 51.4 Å². The Labute approximate surface area is 285 Å². The number of aromatic hydroxyl groups is 2. The molecule has 0 aliphatic heterocycles. The van der Waals surface area contributed by atoms with Crippen molar-refractivity contribution in [1.29, 1.82) is 0 Å². The molecule has 3 N–H and O–H groups in total. The first-order valence-electron chi connectivity index (χ1n) is 18.3. The summed E-state index contributed by atoms with van der Waals surface area (Å²) < 4.78 is 6.41. The maximum Gasteiger partial charge on any atom is 0.232 e. The van der Waals surface area contributed by atoms with Crippen LogP contribution >= 0.6 is 0 Å². The lowest BCUT2D eigenvalue weighted by Gasteiger charge is -2.58. The van der Waals surface area contributed by atoms with E-state index >= 15 is 0 Å². The number of hydrogen-bond acceptors (Lipinski definition) is 6. The molecule has 258 valence electrons. The molecular formula is C42H54O6. The number of furan rings is 1. The summed E-state index contributed by atoms with van der Waals surface area (Å²) in [5.41, 5.74) is 3.12. The van der Waals surface area contributed by atoms with Crippen molar-refractivity contribution < 1.29 is 29.3 Å². The number of carbonyl (C=O) groups excluding carboxylic acids is 2. The second-order valence-corrected chi connectivity index (χ2v) is 17.5. The molecule has 2 saturated carbocycles. The van der Waals surface area contributed by atoms with Crippen LogP contribution in [0.15, 0.2) is 45.1 Å². The summed E-state index contributed by atoms with van der Waals surface area (Å²) in [6.45, 7) is 18.2. The predicted octanol–water partition coefficient (Wildman–Crippen LogP) is 10.6. The third-order valence-corrected chi connectivity index (χ3v) is 15.5. The molecule has 0 unspecified atom stereocenters. The van der Waals surface area contributed by atoms with Crippen LogP contribution in [-0.2, 0) is 6.42 Å². The number of ketones is 2. The number of carbonyl (C=O) groups is 2. The lowest BCUT2D eigenvalue weighted by Crippen LogP contribution is -2.50. The van der Waals surface area contributed by atoms with Crippen LogP contribution in [0.25, 0.3) is 11.0 Å². The minimum Gasteiger partial charge on any atom is -0.504 e. The van der Waals surface area contributed by atoms with E-state index in [0.29, 0.717) is 42.1 Å². The van der Waals surface area contributed by atoms with Gasteiger partial charge in [-0.2, -0.15) is 0 Å². The summed E-state index contributed by atoms with van der Waals surface area (Å²) in [4.78, 5) is 28.5. The van der Waals surface area contributed by atoms with Gasteiger partial charge in [-0.3, -0.25) is 9.59 Å². The smallest absolute Gasteiger partial charge is 0.232 e. The minimum atomic E-state index is -0.651. The summed E-state index contributed by atoms with van der Waals surface area (Å²) in [6, 6.07) is 1.32. The average molecular weight is 655 g/mol. The Morgan fingerprint density at radius 2 is 1.29 bits per heavy atom. The monoisotopic (exact) mass is 654 g/mol. The van der Waals surface area contributed by atoms with Crippen LogP contribution < -0.4 is 0 Å². The Morgan fingerprint density at radius 1 is 0.771 bits per heavy atom. The molecule has 0 saturated heterocycles. The highest BCUT2D eigenvalue weighted by Crippen LogP contribution is 2.64. The standard InChI is InChI=1S/C42H54O6/c1-22-11-9-13-30-39(22,5)17-15-24(3)41(30,7)20-27-34(45)36(47)32-26-19-29(43)33(44)28(37(26)48-38(32)35(27)46)21-42(8)25(4)16-18-40(6)23(2)12-10-14-31(40)42/h11-12,19,24-25,30-31,43-45H,9-10,13-18,20-21H2,1-8H3/t24-,25-,30+,31+,39-,40-,41+,42+/m0/s1. The van der Waals surface area contributed by atoms with Crippen LogP contribution in [0.1, 0.15) is 140 Å². The van der Waals surface area contributed by atoms with Gasteiger partial charge in [-0.15, -0.1) is 0 Å². The third kappa shape index (κ3) is 4.35. The molecule has 1 heterocycles. The van der Waals surface area contributed by atoms with E-state index < -0.39 is 17.3 Å². The van der Waals surface area contributed by atoms with Crippen molar-refractivity contribution in [2.45, 2.75) is 120 Å². The average Bonchev–Trinajstić information content (AvgIpc) is 3.42. The van der Waals surface area contributed by atoms with Crippen LogP contribution in [0.3, 0.4) is 0 Å². The SMILES string of the molecule is CC1=CCC[C@H]2[C@](C)(CC3=C(O)C(=O)c4c(oc5c(C[C@]6(C)[C@@H](C)CC[C@@]7(C)C(C)=CCC[C@@H]67)c(O)c(O)cc45)C3=O)[C@@H](C)CC[C@@]12C. The Morgan fingerprint density at radius 3 is 1.83 bits per heavy atom. The number of phenolic OH excluding ortho intramolecular Hbond substituents is 2. The first-order chi connectivity index (χ1) is 22.5. The van der Waals surface area contributed by atoms with Crippen molar-refractivity contribution in [3.8, 4) is 11.5 Å². The third-order valence-electron chi connectivity index (χ3n) is 15.5. The van der Waals surface area contributed by atoms with E-state index in [4.69, 9.17) is 4.42 Å². The molecule has 8 atom stereocenters. The minimum absolute atomic E-state index is 0.0148. The molecule has 0 bridgehead atoms. The normalized spacial score (nSPS) is 38.3. The van der Waals surface area contributed by atoms with Crippen molar-refractivity contribution in [2.24, 2.45) is 45.3 Å². The predicted molar refractivity (Wildman–Crippen MR) is 188 cm³/mol. The maximum atomic E-state index is 14.4. The molecule has 0 amide bonds. The quantitative estimate of drug-likeness (QED) is 0.224. The zero-order valence-corrected chi connectivity index (χ0v) is 30.2. The van der Waals surface area contributed by atoms with Crippen molar-refractivity contribution in [2.75, 3.05) is 0 Å². The van der Waals surface area contributed by atoms with Gasteiger partial charge in [0.1, 0.15) is 5.58 Å². The van der Waals surface area contributed by atoms with E-state index in [9.17, 15) is 24.9 Å². The number of rotatable bonds is 4. The van der Waals surface area contributed by atoms with Crippen LogP contribution in [0.5, 0.6) is 11.5 Å². The molecule has 2 aromatic rings. The molecule has 7 rings (SSSR count). The van der Waals surface area contributed by atoms with Gasteiger partial charge in [-0.05, 0) is 129 Å². The Bertz CT molecular complexity index is 1840. The molecule has 5 aliphatic carbocycles. The number of hydrogen-bond donors (Lipinski definition) is 3. The van der Waals surface area contributed by atoms with Crippen LogP contribution in [0, 0.1) is 45.3 Å². The fourth-order valence-electron chi connectivity index (χ4n) is 11.7. The lowest BCUT2D eigenvalue weighted by molar-refractivity contribution is -0.0413. The summed E-state index contributed by atoms with van der Waals surface area (Å²) >= 11 is 0. The summed E-state index contributed by atoms with van der Waals surface area (Å²) in [7, 11) is 0. The van der Waals surface area contributed by atoms with Crippen molar-refractivity contribution >= 4 is 22.5 Å². The number of aliphatic hydroxyl groups excluding tert-OH is 1. The van der Waals surface area contributed by atoms with Crippen LogP contribution in [0.2, 0.25) is 0 Å². The van der Waals surface area contributed by atoms with E-state index in [2.05, 4.69) is 67.5 Å². The van der Waals surface area contributed by atoms with Gasteiger partial charge < -0.3 is 19.7 Å². The largest absolute Gasteiger partial charge is 0.504 e. The lowest BCUT2D eigenvalue weighted by atomic mass is 9.46. The number of Topliss-reactive ketones (excluding diaryl/α,β-unsaturated/α-hetero) is 2. The molecule has 6 nitrogen and oxygen atoms in total. The molecule has 48 heavy (non-hydrogen) atoms. The van der Waals surface area contributed by atoms with E-state index in [-0.39, 0.29) is 61.0 Å². The number of aliphatic hydroxyl groups is 1. The topological polar surface area (TPSA) is 108 Å². The summed E-state index contributed by atoms with van der Waals surface area (Å²) in [5.74, 6) is -1.05. The van der Waals surface area contributed by atoms with Gasteiger partial charge in [0, 0.05) is 16.5 Å². The molecule has 5 aliphatic rings. The zero-order chi connectivity index (χ0) is 34.7. The highest BCUT2D eigenvalue weighted by Gasteiger charge is 2.56. The fourth-order valence-corrected chi connectivity index (χ4v) is 11.7. The van der Waals surface area contributed by atoms with Gasteiger partial charge in [-0.25, -0.2) is 0 Å². The molecule has 0 spiro atoms. The maximum absolute atomic E-state index is 14.4. The highest BCUT2D eigenvalue weighted by molar-refractivity contribution is 6.29. The second-order valence-electron chi connectivity index (χ2n) is 17.5. The van der Waals surface area contributed by atoms with Gasteiger partial charge in [0.2, 0.25) is 11.6 Å². The van der Waals surface area contributed by atoms with Crippen molar-refractivity contribution in [3.05, 3.63) is 57.6 Å². The van der Waals surface area contributed by atoms with Gasteiger partial charge in [0.05, 0.1) is 5.56 Å². The Hall–Kier alpha value is -3.28. The number of allylic oxidation sites excluding steroid dienone is 6. The number of fused-ring (bicyclic) bond motifs is 5. The van der Waals surface area contributed by atoms with E-state index in [1.54, 1.807) is 0 Å². The zero-order valence-electron chi connectivity index (χ0n) is 30.2. The first-order valence-corrected chi connectivity index (χ1v) is 18.3. The highest BCUT2D eigenvalue weighted by atomic mass is 16.4. The van der Waals surface area contributed by atoms with E-state index in [1.165, 1.54) is 17.2 Å². The van der Waals surface area contributed by atoms with Gasteiger partial charge in [0.25, 0.3) is 0 Å². The van der Waals surface area contributed by atoms with Crippen molar-refractivity contribution in [1.82, 2.24) is 0 Å². The first kappa shape index (κ1) is 33.2. The van der Waals surface area contributed by atoms with Gasteiger partial charge in [-0.1, -0.05) is 64.8 Å². The molecule has 1 aromatic carbocycles. The van der Waals surface area contributed by atoms with Crippen molar-refractivity contribution in [3.63, 3.8) is 0 Å². The van der Waals surface area contributed by atoms with Crippen LogP contribution in [0.4, 0.5) is 0 Å². The molecule has 2 fully saturated rings. The molecule has 6 heteroatoms. The molecular weight excluding hydrogens is 600 g/mol. The van der Waals surface area contributed by atoms with Gasteiger partial charge >= 0.3 is 0 Å². The number of phenols is 2. The summed E-state index contributed by atoms with van der Waals surface area (Å²) in [5, 5.41) is 34.3. The molecule has 0 radical (unpaired) electrons.